The fraction of sp³-hybridized carbons (Fsp3) is 0.0500. The molecule has 0 aliphatic heterocycles. The minimum absolute atomic E-state index is 0.0222. The lowest BCUT2D eigenvalue weighted by atomic mass is 10.1. The van der Waals surface area contributed by atoms with Gasteiger partial charge in [0.2, 0.25) is 6.54 Å². The van der Waals surface area contributed by atoms with E-state index in [0.717, 1.165) is 26.0 Å². The molecule has 134 valence electrons. The molecule has 1 N–H and O–H groups in total. The van der Waals surface area contributed by atoms with Crippen LogP contribution in [0.15, 0.2) is 59.3 Å². The number of halogens is 1. The van der Waals surface area contributed by atoms with Gasteiger partial charge < -0.3 is 5.11 Å². The number of carboxylic acid groups (broad SMARTS) is 1. The van der Waals surface area contributed by atoms with E-state index in [-0.39, 0.29) is 17.8 Å². The van der Waals surface area contributed by atoms with E-state index in [9.17, 15) is 14.8 Å². The highest BCUT2D eigenvalue weighted by molar-refractivity contribution is 7.17. The Hall–Kier alpha value is -2.54. The third-order valence-electron chi connectivity index (χ3n) is 4.20. The van der Waals surface area contributed by atoms with Crippen LogP contribution in [-0.2, 0) is 6.54 Å². The molecule has 4 aromatic rings. The third kappa shape index (κ3) is 3.51. The van der Waals surface area contributed by atoms with Crippen LogP contribution in [0.4, 0.5) is 5.69 Å². The first-order valence-electron chi connectivity index (χ1n) is 8.04. The van der Waals surface area contributed by atoms with Gasteiger partial charge in [-0.1, -0.05) is 29.8 Å². The van der Waals surface area contributed by atoms with E-state index in [1.807, 2.05) is 29.6 Å². The van der Waals surface area contributed by atoms with E-state index >= 15 is 0 Å². The van der Waals surface area contributed by atoms with Crippen molar-refractivity contribution in [2.75, 3.05) is 0 Å². The van der Waals surface area contributed by atoms with Crippen LogP contribution in [-0.4, -0.2) is 15.8 Å². The fourth-order valence-electron chi connectivity index (χ4n) is 2.92. The highest BCUT2D eigenvalue weighted by Gasteiger charge is 2.30. The van der Waals surface area contributed by atoms with Gasteiger partial charge >= 0.3 is 5.97 Å². The number of nitrogens with zero attached hydrogens (tertiary/aromatic N) is 1. The van der Waals surface area contributed by atoms with Crippen molar-refractivity contribution in [3.05, 3.63) is 80.3 Å². The number of rotatable bonds is 5. The molecule has 27 heavy (non-hydrogen) atoms. The summed E-state index contributed by atoms with van der Waals surface area (Å²) in [7, 11) is 0. The quantitative estimate of drug-likeness (QED) is 0.374. The summed E-state index contributed by atoms with van der Waals surface area (Å²) in [4.78, 5) is 25.2. The number of hydrogen-bond acceptors (Lipinski definition) is 4. The lowest BCUT2D eigenvalue weighted by molar-refractivity contribution is -0.480. The lowest BCUT2D eigenvalue weighted by Crippen LogP contribution is -2.06. The Balaban J connectivity index is 1.69. The Morgan fingerprint density at radius 3 is 2.59 bits per heavy atom. The highest BCUT2D eigenvalue weighted by atomic mass is 35.5. The number of nitroso groups, excluding NO2 is 1. The average Bonchev–Trinajstić information content (AvgIpc) is 3.28. The Labute approximate surface area is 167 Å². The maximum absolute atomic E-state index is 12.8. The monoisotopic (exact) mass is 414 g/mol. The summed E-state index contributed by atoms with van der Waals surface area (Å²) in [6.07, 6.45) is 0. The standard InChI is InChI=1S/C20H12ClNO3S2/c21-15-4-2-13(3-5-15)19-18(20(23)24)16(11-27-19)22(25)10-12-1-6-17-14(9-12)7-8-26-17/h1-9,11H,10H2/p+1. The summed E-state index contributed by atoms with van der Waals surface area (Å²) < 4.78 is 1.90. The molecular weight excluding hydrogens is 402 g/mol. The number of benzene rings is 2. The Morgan fingerprint density at radius 2 is 1.85 bits per heavy atom. The van der Waals surface area contributed by atoms with E-state index in [1.54, 1.807) is 41.0 Å². The van der Waals surface area contributed by atoms with E-state index < -0.39 is 5.97 Å². The molecule has 0 aliphatic carbocycles. The SMILES string of the molecule is O=C(O)c1c([N+](=O)Cc2ccc3sccc3c2)csc1-c1ccc(Cl)cc1. The minimum Gasteiger partial charge on any atom is -0.477 e. The molecule has 2 aromatic heterocycles. The molecule has 4 nitrogen and oxygen atoms in total. The molecule has 2 aromatic carbocycles. The predicted molar refractivity (Wildman–Crippen MR) is 111 cm³/mol. The largest absolute Gasteiger partial charge is 0.477 e. The molecule has 0 amide bonds. The predicted octanol–water partition coefficient (Wildman–Crippen LogP) is 6.59. The number of carbonyl (C=O) groups is 1. The van der Waals surface area contributed by atoms with E-state index in [2.05, 4.69) is 0 Å². The van der Waals surface area contributed by atoms with Crippen LogP contribution in [0, 0.1) is 4.91 Å². The number of hydrogen-bond donors (Lipinski definition) is 1. The van der Waals surface area contributed by atoms with Crippen molar-refractivity contribution >= 4 is 56.0 Å². The van der Waals surface area contributed by atoms with Gasteiger partial charge in [0.05, 0.1) is 10.3 Å². The van der Waals surface area contributed by atoms with Crippen molar-refractivity contribution < 1.29 is 14.7 Å². The van der Waals surface area contributed by atoms with Gasteiger partial charge in [0, 0.05) is 25.0 Å². The molecule has 0 bridgehead atoms. The molecule has 7 heteroatoms. The van der Waals surface area contributed by atoms with E-state index in [1.165, 1.54) is 11.3 Å². The summed E-state index contributed by atoms with van der Waals surface area (Å²) in [5, 5.41) is 15.0. The van der Waals surface area contributed by atoms with Crippen molar-refractivity contribution in [1.82, 2.24) is 0 Å². The van der Waals surface area contributed by atoms with Crippen molar-refractivity contribution in [1.29, 1.82) is 0 Å². The molecule has 0 saturated carbocycles. The lowest BCUT2D eigenvalue weighted by Gasteiger charge is -2.01. The molecule has 0 fully saturated rings. The summed E-state index contributed by atoms with van der Waals surface area (Å²) in [5.41, 5.74) is 1.75. The zero-order valence-corrected chi connectivity index (χ0v) is 16.3. The van der Waals surface area contributed by atoms with Crippen LogP contribution in [0.5, 0.6) is 0 Å². The van der Waals surface area contributed by atoms with Gasteiger partial charge in [-0.05, 0) is 46.7 Å². The Bertz CT molecular complexity index is 1160. The summed E-state index contributed by atoms with van der Waals surface area (Å²) in [6.45, 7) is 0.0862. The third-order valence-corrected chi connectivity index (χ3v) is 6.37. The maximum Gasteiger partial charge on any atom is 0.344 e. The van der Waals surface area contributed by atoms with Crippen LogP contribution in [0.2, 0.25) is 5.02 Å². The summed E-state index contributed by atoms with van der Waals surface area (Å²) >= 11 is 8.79. The highest BCUT2D eigenvalue weighted by Crippen LogP contribution is 2.38. The van der Waals surface area contributed by atoms with Crippen LogP contribution in [0.25, 0.3) is 20.5 Å². The van der Waals surface area contributed by atoms with Crippen molar-refractivity contribution in [3.63, 3.8) is 0 Å². The second-order valence-electron chi connectivity index (χ2n) is 5.97. The van der Waals surface area contributed by atoms with Crippen molar-refractivity contribution in [3.8, 4) is 10.4 Å². The molecule has 0 unspecified atom stereocenters. The van der Waals surface area contributed by atoms with Crippen LogP contribution < -0.4 is 0 Å². The molecule has 0 aliphatic rings. The Kier molecular flexibility index (Phi) is 4.78. The van der Waals surface area contributed by atoms with Gasteiger partial charge in [-0.2, -0.15) is 0 Å². The first-order valence-corrected chi connectivity index (χ1v) is 10.2. The zero-order valence-electron chi connectivity index (χ0n) is 13.9. The first kappa shape index (κ1) is 17.9. The van der Waals surface area contributed by atoms with Gasteiger partial charge in [0.25, 0.3) is 5.69 Å². The first-order chi connectivity index (χ1) is 13.0. The maximum atomic E-state index is 12.8. The van der Waals surface area contributed by atoms with E-state index in [4.69, 9.17) is 11.6 Å². The van der Waals surface area contributed by atoms with Crippen LogP contribution in [0.3, 0.4) is 0 Å². The number of fused-ring (bicyclic) bond motifs is 1. The minimum atomic E-state index is -1.12. The second-order valence-corrected chi connectivity index (χ2v) is 8.23. The van der Waals surface area contributed by atoms with Gasteiger partial charge in [0.15, 0.2) is 5.56 Å². The average molecular weight is 415 g/mol. The van der Waals surface area contributed by atoms with Crippen molar-refractivity contribution in [2.24, 2.45) is 0 Å². The van der Waals surface area contributed by atoms with Gasteiger partial charge in [-0.3, -0.25) is 0 Å². The van der Waals surface area contributed by atoms with Gasteiger partial charge in [-0.25, -0.2) is 4.79 Å². The molecule has 0 spiro atoms. The zero-order chi connectivity index (χ0) is 19.0. The van der Waals surface area contributed by atoms with E-state index in [0.29, 0.717) is 9.90 Å². The second kappa shape index (κ2) is 7.23. The molecule has 0 atom stereocenters. The number of carboxylic acids is 1. The van der Waals surface area contributed by atoms with Crippen molar-refractivity contribution in [2.45, 2.75) is 6.54 Å². The number of aromatic carboxylic acids is 1. The molecule has 0 radical (unpaired) electrons. The molecule has 4 rings (SSSR count). The van der Waals surface area contributed by atoms with Crippen LogP contribution in [0.1, 0.15) is 15.9 Å². The number of thiophene rings is 2. The molecule has 2 heterocycles. The molecular formula is C20H13ClNO3S2+. The smallest absolute Gasteiger partial charge is 0.344 e. The fourth-order valence-corrected chi connectivity index (χ4v) is 4.86. The van der Waals surface area contributed by atoms with Crippen LogP contribution >= 0.6 is 34.3 Å². The molecule has 0 saturated heterocycles. The van der Waals surface area contributed by atoms with Gasteiger partial charge in [-0.15, -0.1) is 22.7 Å². The normalized spacial score (nSPS) is 11.0. The van der Waals surface area contributed by atoms with Gasteiger partial charge in [0.1, 0.15) is 0 Å². The summed E-state index contributed by atoms with van der Waals surface area (Å²) in [6, 6.07) is 14.8. The topological polar surface area (TPSA) is 57.4 Å². The summed E-state index contributed by atoms with van der Waals surface area (Å²) in [5.74, 6) is -1.12. The Morgan fingerprint density at radius 1 is 1.07 bits per heavy atom.